The maximum Gasteiger partial charge on any atom is 0.178 e. The molecule has 1 aliphatic rings. The fraction of sp³-hybridized carbons (Fsp3) is 0.538. The molecular weight excluding hydrogens is 236 g/mol. The second-order valence-electron chi connectivity index (χ2n) is 5.17. The molecule has 0 fully saturated rings. The Morgan fingerprint density at radius 1 is 1.35 bits per heavy atom. The minimum Gasteiger partial charge on any atom is -0.487 e. The van der Waals surface area contributed by atoms with Gasteiger partial charge in [-0.25, -0.2) is 8.42 Å². The summed E-state index contributed by atoms with van der Waals surface area (Å²) >= 11 is 0. The van der Waals surface area contributed by atoms with Crippen LogP contribution in [0.15, 0.2) is 17.0 Å². The Morgan fingerprint density at radius 2 is 2.00 bits per heavy atom. The maximum absolute atomic E-state index is 11.9. The lowest BCUT2D eigenvalue weighted by Crippen LogP contribution is -2.24. The number of benzene rings is 1. The lowest BCUT2D eigenvalue weighted by atomic mass is 10.0. The van der Waals surface area contributed by atoms with Crippen LogP contribution in [-0.2, 0) is 16.3 Å². The molecule has 4 heteroatoms. The van der Waals surface area contributed by atoms with Crippen LogP contribution < -0.4 is 4.74 Å². The van der Waals surface area contributed by atoms with Crippen LogP contribution in [-0.4, -0.2) is 19.8 Å². The van der Waals surface area contributed by atoms with Gasteiger partial charge in [-0.05, 0) is 38.0 Å². The molecule has 0 unspecified atom stereocenters. The van der Waals surface area contributed by atoms with Gasteiger partial charge in [0.25, 0.3) is 0 Å². The Balaban J connectivity index is 2.55. The number of rotatable bonds is 2. The molecule has 1 heterocycles. The topological polar surface area (TPSA) is 43.4 Å². The Bertz CT molecular complexity index is 556. The van der Waals surface area contributed by atoms with Gasteiger partial charge in [0.05, 0.1) is 10.6 Å². The highest BCUT2D eigenvalue weighted by Gasteiger charge is 2.31. The Kier molecular flexibility index (Phi) is 2.73. The molecule has 0 aliphatic carbocycles. The zero-order valence-corrected chi connectivity index (χ0v) is 11.5. The minimum atomic E-state index is -3.17. The molecule has 17 heavy (non-hydrogen) atoms. The van der Waals surface area contributed by atoms with Crippen LogP contribution in [0, 0.1) is 6.92 Å². The van der Waals surface area contributed by atoms with Crippen molar-refractivity contribution < 1.29 is 13.2 Å². The van der Waals surface area contributed by atoms with Crippen LogP contribution in [0.1, 0.15) is 31.9 Å². The average Bonchev–Trinajstić information content (AvgIpc) is 2.49. The minimum absolute atomic E-state index is 0.121. The van der Waals surface area contributed by atoms with E-state index in [1.54, 1.807) is 13.0 Å². The Labute approximate surface area is 103 Å². The van der Waals surface area contributed by atoms with Crippen molar-refractivity contribution in [3.63, 3.8) is 0 Å². The third kappa shape index (κ3) is 2.18. The molecular formula is C13H18O3S. The van der Waals surface area contributed by atoms with Crippen molar-refractivity contribution in [2.24, 2.45) is 0 Å². The zero-order valence-electron chi connectivity index (χ0n) is 10.7. The first-order valence-corrected chi connectivity index (χ1v) is 7.46. The highest BCUT2D eigenvalue weighted by atomic mass is 32.2. The van der Waals surface area contributed by atoms with Gasteiger partial charge < -0.3 is 4.74 Å². The normalized spacial score (nSPS) is 17.6. The molecule has 0 saturated carbocycles. The molecule has 94 valence electrons. The van der Waals surface area contributed by atoms with Gasteiger partial charge in [-0.15, -0.1) is 0 Å². The quantitative estimate of drug-likeness (QED) is 0.814. The maximum atomic E-state index is 11.9. The van der Waals surface area contributed by atoms with Crippen molar-refractivity contribution in [3.8, 4) is 5.75 Å². The second kappa shape index (κ2) is 3.73. The molecule has 3 nitrogen and oxygen atoms in total. The molecule has 0 saturated heterocycles. The predicted octanol–water partition coefficient (Wildman–Crippen LogP) is 2.50. The lowest BCUT2D eigenvalue weighted by Gasteiger charge is -2.17. The molecule has 0 atom stereocenters. The first kappa shape index (κ1) is 12.4. The second-order valence-corrected chi connectivity index (χ2v) is 7.41. The van der Waals surface area contributed by atoms with Crippen LogP contribution in [0.4, 0.5) is 0 Å². The molecule has 0 amide bonds. The highest BCUT2D eigenvalue weighted by molar-refractivity contribution is 7.91. The SMILES string of the molecule is CCS(=O)(=O)c1cc2c(cc1C)CC(C)(C)O2. The van der Waals surface area contributed by atoms with Crippen molar-refractivity contribution in [1.29, 1.82) is 0 Å². The number of ether oxygens (including phenoxy) is 1. The van der Waals surface area contributed by atoms with Gasteiger partial charge in [0.15, 0.2) is 9.84 Å². The summed E-state index contributed by atoms with van der Waals surface area (Å²) in [5.41, 5.74) is 1.68. The summed E-state index contributed by atoms with van der Waals surface area (Å²) < 4.78 is 29.6. The number of aryl methyl sites for hydroxylation is 1. The molecule has 0 radical (unpaired) electrons. The van der Waals surface area contributed by atoms with E-state index in [1.165, 1.54) is 0 Å². The van der Waals surface area contributed by atoms with E-state index >= 15 is 0 Å². The summed E-state index contributed by atoms with van der Waals surface area (Å²) in [6.07, 6.45) is 0.829. The van der Waals surface area contributed by atoms with Gasteiger partial charge in [0, 0.05) is 6.42 Å². The number of hydrogen-bond donors (Lipinski definition) is 0. The standard InChI is InChI=1S/C13H18O3S/c1-5-17(14,15)12-7-11-10(6-9(12)2)8-13(3,4)16-11/h6-7H,5,8H2,1-4H3. The van der Waals surface area contributed by atoms with E-state index in [4.69, 9.17) is 4.74 Å². The molecule has 1 aromatic rings. The first-order chi connectivity index (χ1) is 7.75. The fourth-order valence-corrected chi connectivity index (χ4v) is 3.39. The Morgan fingerprint density at radius 3 is 2.59 bits per heavy atom. The van der Waals surface area contributed by atoms with Gasteiger partial charge in [0.1, 0.15) is 11.4 Å². The van der Waals surface area contributed by atoms with Gasteiger partial charge in [0.2, 0.25) is 0 Å². The number of hydrogen-bond acceptors (Lipinski definition) is 3. The summed E-state index contributed by atoms with van der Waals surface area (Å²) in [5, 5.41) is 0. The van der Waals surface area contributed by atoms with Gasteiger partial charge in [-0.2, -0.15) is 0 Å². The summed E-state index contributed by atoms with van der Waals surface area (Å²) in [4.78, 5) is 0.399. The summed E-state index contributed by atoms with van der Waals surface area (Å²) in [6.45, 7) is 7.52. The highest BCUT2D eigenvalue weighted by Crippen LogP contribution is 2.37. The van der Waals surface area contributed by atoms with E-state index in [0.29, 0.717) is 10.6 Å². The summed E-state index contributed by atoms with van der Waals surface area (Å²) in [6, 6.07) is 3.62. The van der Waals surface area contributed by atoms with E-state index in [2.05, 4.69) is 0 Å². The third-order valence-corrected chi connectivity index (χ3v) is 4.95. The van der Waals surface area contributed by atoms with E-state index in [1.807, 2.05) is 26.8 Å². The fourth-order valence-electron chi connectivity index (χ4n) is 2.25. The smallest absolute Gasteiger partial charge is 0.178 e. The van der Waals surface area contributed by atoms with Crippen molar-refractivity contribution in [1.82, 2.24) is 0 Å². The molecule has 0 spiro atoms. The average molecular weight is 254 g/mol. The molecule has 0 N–H and O–H groups in total. The first-order valence-electron chi connectivity index (χ1n) is 5.80. The summed E-state index contributed by atoms with van der Waals surface area (Å²) in [5.74, 6) is 0.836. The van der Waals surface area contributed by atoms with Gasteiger partial charge >= 0.3 is 0 Å². The largest absolute Gasteiger partial charge is 0.487 e. The van der Waals surface area contributed by atoms with Crippen LogP contribution in [0.2, 0.25) is 0 Å². The number of fused-ring (bicyclic) bond motifs is 1. The molecule has 1 aromatic carbocycles. The van der Waals surface area contributed by atoms with Crippen molar-refractivity contribution in [2.75, 3.05) is 5.75 Å². The molecule has 0 aromatic heterocycles. The summed E-state index contributed by atoms with van der Waals surface area (Å²) in [7, 11) is -3.17. The van der Waals surface area contributed by atoms with E-state index in [0.717, 1.165) is 17.5 Å². The van der Waals surface area contributed by atoms with Crippen LogP contribution in [0.3, 0.4) is 0 Å². The van der Waals surface area contributed by atoms with Gasteiger partial charge in [-0.1, -0.05) is 13.0 Å². The zero-order chi connectivity index (χ0) is 12.8. The van der Waals surface area contributed by atoms with Crippen LogP contribution in [0.25, 0.3) is 0 Å². The van der Waals surface area contributed by atoms with E-state index in [9.17, 15) is 8.42 Å². The van der Waals surface area contributed by atoms with Crippen molar-refractivity contribution in [3.05, 3.63) is 23.3 Å². The monoisotopic (exact) mass is 254 g/mol. The van der Waals surface area contributed by atoms with Crippen LogP contribution >= 0.6 is 0 Å². The van der Waals surface area contributed by atoms with E-state index in [-0.39, 0.29) is 11.4 Å². The van der Waals surface area contributed by atoms with Crippen LogP contribution in [0.5, 0.6) is 5.75 Å². The lowest BCUT2D eigenvalue weighted by molar-refractivity contribution is 0.138. The predicted molar refractivity (Wildman–Crippen MR) is 67.3 cm³/mol. The van der Waals surface area contributed by atoms with Crippen molar-refractivity contribution in [2.45, 2.75) is 44.6 Å². The van der Waals surface area contributed by atoms with E-state index < -0.39 is 9.84 Å². The third-order valence-electron chi connectivity index (χ3n) is 3.08. The van der Waals surface area contributed by atoms with Crippen molar-refractivity contribution >= 4 is 9.84 Å². The molecule has 0 bridgehead atoms. The Hall–Kier alpha value is -1.03. The molecule has 2 rings (SSSR count). The van der Waals surface area contributed by atoms with Gasteiger partial charge in [-0.3, -0.25) is 0 Å². The number of sulfone groups is 1. The molecule has 1 aliphatic heterocycles.